The highest BCUT2D eigenvalue weighted by atomic mass is 19.1. The Hall–Kier alpha value is -2.43. The molecule has 1 aliphatic rings. The number of carbonyl (C=O) groups excluding carboxylic acids is 1. The summed E-state index contributed by atoms with van der Waals surface area (Å²) >= 11 is 0. The van der Waals surface area contributed by atoms with Gasteiger partial charge in [0.05, 0.1) is 13.5 Å². The minimum Gasteiger partial charge on any atom is -0.494 e. The Morgan fingerprint density at radius 1 is 1.36 bits per heavy atom. The smallest absolute Gasteiger partial charge is 0.227 e. The number of hydrogen-bond acceptors (Lipinski definition) is 3. The van der Waals surface area contributed by atoms with E-state index >= 15 is 0 Å². The average molecular weight is 342 g/mol. The monoisotopic (exact) mass is 342 g/mol. The van der Waals surface area contributed by atoms with Gasteiger partial charge in [-0.1, -0.05) is 12.1 Å². The molecule has 3 rings (SSSR count). The van der Waals surface area contributed by atoms with E-state index in [9.17, 15) is 9.18 Å². The van der Waals surface area contributed by atoms with Crippen molar-refractivity contribution in [3.8, 4) is 5.75 Å². The molecule has 0 saturated carbocycles. The van der Waals surface area contributed by atoms with E-state index in [0.29, 0.717) is 11.5 Å². The highest BCUT2D eigenvalue weighted by Gasteiger charge is 2.24. The van der Waals surface area contributed by atoms with Crippen LogP contribution in [0, 0.1) is 11.7 Å². The largest absolute Gasteiger partial charge is 0.494 e. The van der Waals surface area contributed by atoms with Gasteiger partial charge in [0.1, 0.15) is 0 Å². The molecule has 1 aromatic carbocycles. The van der Waals surface area contributed by atoms with E-state index in [1.807, 2.05) is 17.2 Å². The van der Waals surface area contributed by atoms with Crippen molar-refractivity contribution in [1.82, 2.24) is 9.88 Å². The predicted molar refractivity (Wildman–Crippen MR) is 93.9 cm³/mol. The Bertz CT molecular complexity index is 721. The third kappa shape index (κ3) is 4.56. The summed E-state index contributed by atoms with van der Waals surface area (Å²) in [5.41, 5.74) is 1.89. The van der Waals surface area contributed by atoms with E-state index in [0.717, 1.165) is 32.4 Å². The second-order valence-corrected chi connectivity index (χ2v) is 6.56. The summed E-state index contributed by atoms with van der Waals surface area (Å²) in [6, 6.07) is 8.72. The van der Waals surface area contributed by atoms with E-state index in [4.69, 9.17) is 4.74 Å². The van der Waals surface area contributed by atoms with Crippen molar-refractivity contribution in [2.75, 3.05) is 20.2 Å². The minimum absolute atomic E-state index is 0.0560. The lowest BCUT2D eigenvalue weighted by Crippen LogP contribution is -2.41. The zero-order valence-corrected chi connectivity index (χ0v) is 14.5. The van der Waals surface area contributed by atoms with Gasteiger partial charge in [0, 0.05) is 25.5 Å². The number of benzene rings is 1. The third-order valence-corrected chi connectivity index (χ3v) is 4.69. The summed E-state index contributed by atoms with van der Waals surface area (Å²) in [6.07, 6.45) is 6.95. The van der Waals surface area contributed by atoms with Crippen LogP contribution in [-0.4, -0.2) is 36.0 Å². The van der Waals surface area contributed by atoms with Gasteiger partial charge in [-0.15, -0.1) is 0 Å². The number of halogens is 1. The number of piperidine rings is 1. The number of pyridine rings is 1. The lowest BCUT2D eigenvalue weighted by Gasteiger charge is -2.33. The van der Waals surface area contributed by atoms with Crippen LogP contribution in [0.3, 0.4) is 0 Å². The molecule has 1 amide bonds. The fourth-order valence-electron chi connectivity index (χ4n) is 3.42. The number of ether oxygens (including phenoxy) is 1. The predicted octanol–water partition coefficient (Wildman–Crippen LogP) is 3.25. The molecule has 1 fully saturated rings. The molecule has 5 heteroatoms. The van der Waals surface area contributed by atoms with Crippen molar-refractivity contribution >= 4 is 5.91 Å². The Morgan fingerprint density at radius 2 is 2.24 bits per heavy atom. The maximum atomic E-state index is 13.8. The van der Waals surface area contributed by atoms with Gasteiger partial charge in [0.2, 0.25) is 5.91 Å². The molecular formula is C20H23FN2O2. The summed E-state index contributed by atoms with van der Waals surface area (Å²) in [4.78, 5) is 18.7. The highest BCUT2D eigenvalue weighted by Crippen LogP contribution is 2.22. The number of aromatic nitrogens is 1. The summed E-state index contributed by atoms with van der Waals surface area (Å²) in [5.74, 6) is 0.279. The molecule has 0 N–H and O–H groups in total. The van der Waals surface area contributed by atoms with Crippen LogP contribution in [0.25, 0.3) is 0 Å². The molecule has 1 aliphatic heterocycles. The second-order valence-electron chi connectivity index (χ2n) is 6.56. The van der Waals surface area contributed by atoms with Gasteiger partial charge >= 0.3 is 0 Å². The first kappa shape index (κ1) is 17.4. The van der Waals surface area contributed by atoms with Crippen LogP contribution in [0.4, 0.5) is 4.39 Å². The topological polar surface area (TPSA) is 42.4 Å². The molecule has 2 heterocycles. The van der Waals surface area contributed by atoms with Crippen molar-refractivity contribution in [1.29, 1.82) is 0 Å². The van der Waals surface area contributed by atoms with Crippen LogP contribution in [0.1, 0.15) is 24.0 Å². The lowest BCUT2D eigenvalue weighted by atomic mass is 9.91. The Labute approximate surface area is 147 Å². The van der Waals surface area contributed by atoms with E-state index in [1.54, 1.807) is 18.3 Å². The fraction of sp³-hybridized carbons (Fsp3) is 0.400. The molecule has 4 nitrogen and oxygen atoms in total. The molecule has 132 valence electrons. The van der Waals surface area contributed by atoms with Gasteiger partial charge in [0.25, 0.3) is 0 Å². The number of methoxy groups -OCH3 is 1. The molecule has 2 aromatic rings. The first-order chi connectivity index (χ1) is 12.2. The van der Waals surface area contributed by atoms with Crippen LogP contribution < -0.4 is 4.74 Å². The number of nitrogens with zero attached hydrogens (tertiary/aromatic N) is 2. The van der Waals surface area contributed by atoms with Gasteiger partial charge in [0.15, 0.2) is 11.6 Å². The van der Waals surface area contributed by atoms with Gasteiger partial charge < -0.3 is 9.64 Å². The van der Waals surface area contributed by atoms with Crippen LogP contribution in [0.2, 0.25) is 0 Å². The molecule has 1 saturated heterocycles. The van der Waals surface area contributed by atoms with Gasteiger partial charge in [-0.05, 0) is 54.5 Å². The lowest BCUT2D eigenvalue weighted by molar-refractivity contribution is -0.132. The van der Waals surface area contributed by atoms with E-state index in [-0.39, 0.29) is 18.1 Å². The molecule has 0 radical (unpaired) electrons. The molecule has 0 unspecified atom stereocenters. The quantitative estimate of drug-likeness (QED) is 0.838. The number of rotatable bonds is 5. The standard InChI is InChI=1S/C20H23FN2O2/c1-25-19-7-6-15(11-18(19)21)12-20(24)23-9-3-5-17(14-23)10-16-4-2-8-22-13-16/h2,4,6-8,11,13,17H,3,5,9-10,12,14H2,1H3/t17-/m0/s1. The molecular weight excluding hydrogens is 319 g/mol. The van der Waals surface area contributed by atoms with E-state index in [1.165, 1.54) is 18.7 Å². The van der Waals surface area contributed by atoms with E-state index in [2.05, 4.69) is 11.1 Å². The average Bonchev–Trinajstić information content (AvgIpc) is 2.63. The fourth-order valence-corrected chi connectivity index (χ4v) is 3.42. The maximum Gasteiger partial charge on any atom is 0.227 e. The summed E-state index contributed by atoms with van der Waals surface area (Å²) in [7, 11) is 1.43. The molecule has 1 aromatic heterocycles. The van der Waals surface area contributed by atoms with Gasteiger partial charge in [-0.25, -0.2) is 4.39 Å². The molecule has 1 atom stereocenters. The maximum absolute atomic E-state index is 13.8. The van der Waals surface area contributed by atoms with Crippen molar-refractivity contribution < 1.29 is 13.9 Å². The molecule has 0 spiro atoms. The van der Waals surface area contributed by atoms with E-state index < -0.39 is 5.82 Å². The number of carbonyl (C=O) groups is 1. The van der Waals surface area contributed by atoms with Crippen molar-refractivity contribution in [2.24, 2.45) is 5.92 Å². The number of hydrogen-bond donors (Lipinski definition) is 0. The van der Waals surface area contributed by atoms with Crippen LogP contribution in [0.15, 0.2) is 42.7 Å². The van der Waals surface area contributed by atoms with Crippen molar-refractivity contribution in [2.45, 2.75) is 25.7 Å². The normalized spacial score (nSPS) is 17.4. The zero-order valence-electron chi connectivity index (χ0n) is 14.5. The first-order valence-electron chi connectivity index (χ1n) is 8.65. The molecule has 0 bridgehead atoms. The Kier molecular flexibility index (Phi) is 5.64. The summed E-state index contributed by atoms with van der Waals surface area (Å²) in [5, 5.41) is 0. The summed E-state index contributed by atoms with van der Waals surface area (Å²) < 4.78 is 18.7. The Balaban J connectivity index is 1.59. The van der Waals surface area contributed by atoms with Gasteiger partial charge in [-0.2, -0.15) is 0 Å². The first-order valence-corrected chi connectivity index (χ1v) is 8.65. The molecule has 25 heavy (non-hydrogen) atoms. The molecule has 0 aliphatic carbocycles. The Morgan fingerprint density at radius 3 is 2.96 bits per heavy atom. The number of amides is 1. The van der Waals surface area contributed by atoms with Crippen LogP contribution in [-0.2, 0) is 17.6 Å². The summed E-state index contributed by atoms with van der Waals surface area (Å²) in [6.45, 7) is 1.54. The van der Waals surface area contributed by atoms with Crippen molar-refractivity contribution in [3.05, 3.63) is 59.7 Å². The minimum atomic E-state index is -0.430. The van der Waals surface area contributed by atoms with Gasteiger partial charge in [-0.3, -0.25) is 9.78 Å². The number of likely N-dealkylation sites (tertiary alicyclic amines) is 1. The third-order valence-electron chi connectivity index (χ3n) is 4.69. The highest BCUT2D eigenvalue weighted by molar-refractivity contribution is 5.79. The zero-order chi connectivity index (χ0) is 17.6. The SMILES string of the molecule is COc1ccc(CC(=O)N2CCC[C@@H](Cc3cccnc3)C2)cc1F. The second kappa shape index (κ2) is 8.10. The van der Waals surface area contributed by atoms with Crippen molar-refractivity contribution in [3.63, 3.8) is 0 Å². The van der Waals surface area contributed by atoms with Crippen LogP contribution in [0.5, 0.6) is 5.75 Å². The van der Waals surface area contributed by atoms with Crippen LogP contribution >= 0.6 is 0 Å².